The summed E-state index contributed by atoms with van der Waals surface area (Å²) in [6, 6.07) is 4.88. The van der Waals surface area contributed by atoms with Gasteiger partial charge in [-0.3, -0.25) is 4.79 Å². The number of carbonyl (C=O) groups is 1. The van der Waals surface area contributed by atoms with Crippen LogP contribution in [0.1, 0.15) is 35.7 Å². The van der Waals surface area contributed by atoms with E-state index in [9.17, 15) is 9.18 Å². The average Bonchev–Trinajstić information content (AvgIpc) is 2.48. The highest BCUT2D eigenvalue weighted by atomic mass is 19.1. The molecule has 20 heavy (non-hydrogen) atoms. The van der Waals surface area contributed by atoms with E-state index in [1.54, 1.807) is 6.07 Å². The van der Waals surface area contributed by atoms with Crippen molar-refractivity contribution >= 4 is 5.91 Å². The number of hydrogen-bond donors (Lipinski definition) is 1. The molecule has 1 aromatic rings. The van der Waals surface area contributed by atoms with Gasteiger partial charge in [-0.25, -0.2) is 4.39 Å². The Hall–Kier alpha value is -1.42. The van der Waals surface area contributed by atoms with Gasteiger partial charge in [0.25, 0.3) is 5.91 Å². The molecular formula is C16H23FN2O. The largest absolute Gasteiger partial charge is 0.338 e. The molecule has 2 atom stereocenters. The molecule has 1 fully saturated rings. The first-order valence-electron chi connectivity index (χ1n) is 7.29. The molecule has 0 saturated carbocycles. The lowest BCUT2D eigenvalue weighted by Crippen LogP contribution is -2.50. The zero-order chi connectivity index (χ0) is 14.7. The highest BCUT2D eigenvalue weighted by Crippen LogP contribution is 2.22. The first-order valence-corrected chi connectivity index (χ1v) is 7.29. The normalized spacial score (nSPS) is 22.9. The van der Waals surface area contributed by atoms with E-state index in [2.05, 4.69) is 12.2 Å². The highest BCUT2D eigenvalue weighted by Gasteiger charge is 2.30. The fourth-order valence-electron chi connectivity index (χ4n) is 3.01. The van der Waals surface area contributed by atoms with Gasteiger partial charge in [0.2, 0.25) is 0 Å². The number of amides is 1. The zero-order valence-corrected chi connectivity index (χ0v) is 12.4. The van der Waals surface area contributed by atoms with Crippen LogP contribution in [0.15, 0.2) is 18.2 Å². The molecule has 1 aromatic carbocycles. The predicted molar refractivity (Wildman–Crippen MR) is 78.3 cm³/mol. The molecule has 1 aliphatic rings. The summed E-state index contributed by atoms with van der Waals surface area (Å²) in [4.78, 5) is 14.4. The third kappa shape index (κ3) is 3.01. The molecule has 0 spiro atoms. The number of nitrogens with zero attached hydrogens (tertiary/aromatic N) is 1. The van der Waals surface area contributed by atoms with Gasteiger partial charge in [-0.05, 0) is 44.0 Å². The van der Waals surface area contributed by atoms with Gasteiger partial charge < -0.3 is 10.2 Å². The van der Waals surface area contributed by atoms with E-state index < -0.39 is 0 Å². The molecule has 1 amide bonds. The fraction of sp³-hybridized carbons (Fsp3) is 0.562. The minimum atomic E-state index is -0.351. The topological polar surface area (TPSA) is 32.3 Å². The molecule has 1 aliphatic heterocycles. The number of halogens is 1. The van der Waals surface area contributed by atoms with E-state index in [-0.39, 0.29) is 11.7 Å². The van der Waals surface area contributed by atoms with Crippen molar-refractivity contribution in [2.45, 2.75) is 32.7 Å². The lowest BCUT2D eigenvalue weighted by Gasteiger charge is -2.38. The predicted octanol–water partition coefficient (Wildman–Crippen LogP) is 2.59. The van der Waals surface area contributed by atoms with Gasteiger partial charge in [-0.1, -0.05) is 19.4 Å². The number of piperidine rings is 1. The first kappa shape index (κ1) is 15.0. The van der Waals surface area contributed by atoms with E-state index in [0.717, 1.165) is 31.5 Å². The standard InChI is InChI=1S/C16H23FN2O/c1-4-12-10-19(8-7-15(12)18-3)16(20)14-9-13(17)6-5-11(14)2/h5-6,9,12,15,18H,4,7-8,10H2,1-3H3. The fourth-order valence-corrected chi connectivity index (χ4v) is 3.01. The Balaban J connectivity index is 2.15. The van der Waals surface area contributed by atoms with Gasteiger partial charge in [-0.15, -0.1) is 0 Å². The zero-order valence-electron chi connectivity index (χ0n) is 12.4. The van der Waals surface area contributed by atoms with Crippen molar-refractivity contribution < 1.29 is 9.18 Å². The summed E-state index contributed by atoms with van der Waals surface area (Å²) < 4.78 is 13.4. The molecule has 1 N–H and O–H groups in total. The molecule has 2 unspecified atom stereocenters. The van der Waals surface area contributed by atoms with Crippen molar-refractivity contribution in [2.75, 3.05) is 20.1 Å². The third-order valence-electron chi connectivity index (χ3n) is 4.35. The number of carbonyl (C=O) groups excluding carboxylic acids is 1. The summed E-state index contributed by atoms with van der Waals surface area (Å²) >= 11 is 0. The molecule has 0 radical (unpaired) electrons. The van der Waals surface area contributed by atoms with E-state index in [4.69, 9.17) is 0 Å². The van der Waals surface area contributed by atoms with Gasteiger partial charge >= 0.3 is 0 Å². The number of aryl methyl sites for hydroxylation is 1. The van der Waals surface area contributed by atoms with Gasteiger partial charge in [-0.2, -0.15) is 0 Å². The van der Waals surface area contributed by atoms with Crippen LogP contribution < -0.4 is 5.32 Å². The van der Waals surface area contributed by atoms with Gasteiger partial charge in [0.05, 0.1) is 0 Å². The Morgan fingerprint density at radius 1 is 1.50 bits per heavy atom. The molecule has 1 saturated heterocycles. The summed E-state index contributed by atoms with van der Waals surface area (Å²) in [6.45, 7) is 5.48. The van der Waals surface area contributed by atoms with Crippen LogP contribution in [0.2, 0.25) is 0 Å². The van der Waals surface area contributed by atoms with Gasteiger partial charge in [0.15, 0.2) is 0 Å². The Labute approximate surface area is 120 Å². The van der Waals surface area contributed by atoms with Gasteiger partial charge in [0.1, 0.15) is 5.82 Å². The Morgan fingerprint density at radius 3 is 2.90 bits per heavy atom. The van der Waals surface area contributed by atoms with Crippen molar-refractivity contribution in [1.29, 1.82) is 0 Å². The number of likely N-dealkylation sites (tertiary alicyclic amines) is 1. The summed E-state index contributed by atoms with van der Waals surface area (Å²) in [5.74, 6) is 0.0673. The van der Waals surface area contributed by atoms with Crippen molar-refractivity contribution in [1.82, 2.24) is 10.2 Å². The Morgan fingerprint density at radius 2 is 2.25 bits per heavy atom. The molecule has 3 nitrogen and oxygen atoms in total. The summed E-state index contributed by atoms with van der Waals surface area (Å²) in [5, 5.41) is 3.33. The maximum Gasteiger partial charge on any atom is 0.254 e. The van der Waals surface area contributed by atoms with E-state index in [1.807, 2.05) is 18.9 Å². The molecule has 0 bridgehead atoms. The van der Waals surface area contributed by atoms with Crippen LogP contribution in [0.25, 0.3) is 0 Å². The molecular weight excluding hydrogens is 255 g/mol. The number of hydrogen-bond acceptors (Lipinski definition) is 2. The van der Waals surface area contributed by atoms with Crippen LogP contribution in [0.5, 0.6) is 0 Å². The van der Waals surface area contributed by atoms with Gasteiger partial charge in [0, 0.05) is 24.7 Å². The monoisotopic (exact) mass is 278 g/mol. The second-order valence-corrected chi connectivity index (χ2v) is 5.56. The van der Waals surface area contributed by atoms with Crippen LogP contribution in [-0.2, 0) is 0 Å². The van der Waals surface area contributed by atoms with Crippen LogP contribution in [-0.4, -0.2) is 37.0 Å². The van der Waals surface area contributed by atoms with Crippen LogP contribution in [0, 0.1) is 18.7 Å². The smallest absolute Gasteiger partial charge is 0.254 e. The average molecular weight is 278 g/mol. The maximum atomic E-state index is 13.4. The third-order valence-corrected chi connectivity index (χ3v) is 4.35. The lowest BCUT2D eigenvalue weighted by molar-refractivity contribution is 0.0630. The minimum Gasteiger partial charge on any atom is -0.338 e. The number of rotatable bonds is 3. The van der Waals surface area contributed by atoms with Crippen molar-refractivity contribution in [3.05, 3.63) is 35.1 Å². The van der Waals surface area contributed by atoms with Crippen LogP contribution >= 0.6 is 0 Å². The molecule has 2 rings (SSSR count). The Bertz CT molecular complexity index is 489. The SMILES string of the molecule is CCC1CN(C(=O)c2cc(F)ccc2C)CCC1NC. The summed E-state index contributed by atoms with van der Waals surface area (Å²) in [7, 11) is 1.97. The van der Waals surface area contributed by atoms with E-state index in [0.29, 0.717) is 17.5 Å². The van der Waals surface area contributed by atoms with Crippen LogP contribution in [0.3, 0.4) is 0 Å². The molecule has 1 heterocycles. The lowest BCUT2D eigenvalue weighted by atomic mass is 9.89. The first-order chi connectivity index (χ1) is 9.56. The minimum absolute atomic E-state index is 0.0463. The number of benzene rings is 1. The van der Waals surface area contributed by atoms with Crippen molar-refractivity contribution in [3.63, 3.8) is 0 Å². The van der Waals surface area contributed by atoms with Crippen molar-refractivity contribution in [2.24, 2.45) is 5.92 Å². The maximum absolute atomic E-state index is 13.4. The summed E-state index contributed by atoms with van der Waals surface area (Å²) in [6.07, 6.45) is 1.99. The quantitative estimate of drug-likeness (QED) is 0.921. The molecule has 0 aliphatic carbocycles. The molecule has 0 aromatic heterocycles. The molecule has 110 valence electrons. The second-order valence-electron chi connectivity index (χ2n) is 5.56. The van der Waals surface area contributed by atoms with Crippen molar-refractivity contribution in [3.8, 4) is 0 Å². The second kappa shape index (κ2) is 6.35. The molecule has 4 heteroatoms. The van der Waals surface area contributed by atoms with E-state index >= 15 is 0 Å². The summed E-state index contributed by atoms with van der Waals surface area (Å²) in [5.41, 5.74) is 1.32. The van der Waals surface area contributed by atoms with E-state index in [1.165, 1.54) is 12.1 Å². The Kier molecular flexibility index (Phi) is 4.76. The van der Waals surface area contributed by atoms with Crippen LogP contribution in [0.4, 0.5) is 4.39 Å². The number of nitrogens with one attached hydrogen (secondary N) is 1. The highest BCUT2D eigenvalue weighted by molar-refractivity contribution is 5.95.